The molecule has 3 rings (SSSR count). The molecule has 5 nitrogen and oxygen atoms in total. The van der Waals surface area contributed by atoms with Gasteiger partial charge in [0.1, 0.15) is 0 Å². The number of hydrogen-bond donors (Lipinski definition) is 2. The van der Waals surface area contributed by atoms with Gasteiger partial charge < -0.3 is 20.1 Å². The summed E-state index contributed by atoms with van der Waals surface area (Å²) in [6, 6.07) is 16.2. The minimum Gasteiger partial charge on any atom is -0.493 e. The average Bonchev–Trinajstić information content (AvgIpc) is 3.51. The summed E-state index contributed by atoms with van der Waals surface area (Å²) in [7, 11) is 3.27. The van der Waals surface area contributed by atoms with Crippen LogP contribution in [-0.2, 0) is 11.8 Å². The van der Waals surface area contributed by atoms with E-state index in [4.69, 9.17) is 9.47 Å². The van der Waals surface area contributed by atoms with Crippen molar-refractivity contribution in [1.29, 1.82) is 0 Å². The van der Waals surface area contributed by atoms with E-state index in [1.165, 1.54) is 11.1 Å². The van der Waals surface area contributed by atoms with Gasteiger partial charge in [-0.2, -0.15) is 0 Å². The Morgan fingerprint density at radius 3 is 2.41 bits per heavy atom. The van der Waals surface area contributed by atoms with Gasteiger partial charge in [0, 0.05) is 18.5 Å². The molecule has 0 unspecified atom stereocenters. The van der Waals surface area contributed by atoms with Crippen molar-refractivity contribution in [3.8, 4) is 11.5 Å². The van der Waals surface area contributed by atoms with Gasteiger partial charge in [0.2, 0.25) is 0 Å². The molecule has 0 aliphatic heterocycles. The third-order valence-corrected chi connectivity index (χ3v) is 5.21. The second-order valence-corrected chi connectivity index (χ2v) is 7.05. The van der Waals surface area contributed by atoms with Crippen LogP contribution in [0, 0.1) is 0 Å². The van der Waals surface area contributed by atoms with E-state index in [-0.39, 0.29) is 11.4 Å². The quantitative estimate of drug-likeness (QED) is 0.664. The Kier molecular flexibility index (Phi) is 6.22. The number of amides is 2. The zero-order valence-electron chi connectivity index (χ0n) is 16.1. The number of urea groups is 1. The highest BCUT2D eigenvalue weighted by Crippen LogP contribution is 2.49. The highest BCUT2D eigenvalue weighted by Gasteiger charge is 2.44. The Hall–Kier alpha value is -2.69. The molecule has 1 fully saturated rings. The van der Waals surface area contributed by atoms with Gasteiger partial charge in [0.15, 0.2) is 11.5 Å². The molecule has 5 heteroatoms. The van der Waals surface area contributed by atoms with E-state index in [1.54, 1.807) is 14.2 Å². The fraction of sp³-hybridized carbons (Fsp3) is 0.409. The Bertz CT molecular complexity index is 757. The van der Waals surface area contributed by atoms with Crippen LogP contribution in [0.1, 0.15) is 30.4 Å². The highest BCUT2D eigenvalue weighted by molar-refractivity contribution is 5.74. The molecule has 0 aromatic heterocycles. The Morgan fingerprint density at radius 2 is 1.74 bits per heavy atom. The van der Waals surface area contributed by atoms with Gasteiger partial charge in [-0.1, -0.05) is 36.4 Å². The van der Waals surface area contributed by atoms with Crippen molar-refractivity contribution in [3.05, 3.63) is 59.7 Å². The van der Waals surface area contributed by atoms with E-state index in [0.717, 1.165) is 37.2 Å². The number of methoxy groups -OCH3 is 2. The average molecular weight is 368 g/mol. The van der Waals surface area contributed by atoms with Gasteiger partial charge in [-0.3, -0.25) is 0 Å². The minimum atomic E-state index is -0.102. The summed E-state index contributed by atoms with van der Waals surface area (Å²) in [5.74, 6) is 1.45. The molecule has 0 saturated heterocycles. The number of carbonyl (C=O) groups excluding carboxylic acids is 1. The summed E-state index contributed by atoms with van der Waals surface area (Å²) >= 11 is 0. The molecule has 2 aromatic rings. The lowest BCUT2D eigenvalue weighted by atomic mass is 9.95. The summed E-state index contributed by atoms with van der Waals surface area (Å²) in [5, 5.41) is 5.98. The normalized spacial score (nSPS) is 14.3. The first-order valence-corrected chi connectivity index (χ1v) is 9.45. The maximum absolute atomic E-state index is 12.1. The molecule has 2 aromatic carbocycles. The van der Waals surface area contributed by atoms with Crippen molar-refractivity contribution in [1.82, 2.24) is 10.6 Å². The minimum absolute atomic E-state index is 0.0148. The Balaban J connectivity index is 1.44. The molecular weight excluding hydrogens is 340 g/mol. The van der Waals surface area contributed by atoms with Gasteiger partial charge in [-0.15, -0.1) is 0 Å². The molecule has 0 bridgehead atoms. The van der Waals surface area contributed by atoms with Gasteiger partial charge in [0.05, 0.1) is 14.2 Å². The summed E-state index contributed by atoms with van der Waals surface area (Å²) in [6.07, 6.45) is 4.03. The second-order valence-electron chi connectivity index (χ2n) is 7.05. The lowest BCUT2D eigenvalue weighted by Gasteiger charge is -2.19. The zero-order valence-corrected chi connectivity index (χ0v) is 16.1. The molecule has 0 spiro atoms. The second kappa shape index (κ2) is 8.80. The molecule has 0 radical (unpaired) electrons. The van der Waals surface area contributed by atoms with Gasteiger partial charge in [-0.25, -0.2) is 4.79 Å². The first-order valence-electron chi connectivity index (χ1n) is 9.45. The smallest absolute Gasteiger partial charge is 0.314 e. The van der Waals surface area contributed by atoms with Crippen molar-refractivity contribution in [2.24, 2.45) is 0 Å². The molecule has 2 amide bonds. The van der Waals surface area contributed by atoms with Crippen molar-refractivity contribution in [3.63, 3.8) is 0 Å². The van der Waals surface area contributed by atoms with E-state index in [1.807, 2.05) is 30.3 Å². The number of rotatable bonds is 9. The fourth-order valence-corrected chi connectivity index (χ4v) is 3.34. The molecule has 27 heavy (non-hydrogen) atoms. The topological polar surface area (TPSA) is 59.6 Å². The number of aryl methyl sites for hydroxylation is 1. The molecule has 1 saturated carbocycles. The zero-order chi connectivity index (χ0) is 19.1. The van der Waals surface area contributed by atoms with E-state index in [2.05, 4.69) is 28.8 Å². The first kappa shape index (κ1) is 19.1. The van der Waals surface area contributed by atoms with Crippen molar-refractivity contribution >= 4 is 6.03 Å². The lowest BCUT2D eigenvalue weighted by molar-refractivity contribution is 0.239. The molecule has 1 aliphatic rings. The monoisotopic (exact) mass is 368 g/mol. The van der Waals surface area contributed by atoms with Crippen LogP contribution in [0.5, 0.6) is 11.5 Å². The van der Waals surface area contributed by atoms with Crippen LogP contribution in [0.3, 0.4) is 0 Å². The van der Waals surface area contributed by atoms with E-state index < -0.39 is 0 Å². The van der Waals surface area contributed by atoms with Crippen molar-refractivity contribution < 1.29 is 14.3 Å². The maximum atomic E-state index is 12.1. The summed E-state index contributed by atoms with van der Waals surface area (Å²) in [6.45, 7) is 1.30. The molecule has 0 heterocycles. The van der Waals surface area contributed by atoms with Crippen LogP contribution < -0.4 is 20.1 Å². The number of ether oxygens (including phenoxy) is 2. The first-order chi connectivity index (χ1) is 13.2. The number of nitrogens with one attached hydrogen (secondary N) is 2. The Labute approximate surface area is 161 Å². The third-order valence-electron chi connectivity index (χ3n) is 5.21. The molecular formula is C22H28N2O3. The standard InChI is InChI=1S/C22H28N2O3/c1-26-19-11-10-18(15-20(19)27-2)22(12-13-22)16-24-21(25)23-14-6-9-17-7-4-3-5-8-17/h3-5,7-8,10-11,15H,6,9,12-14,16H2,1-2H3,(H2,23,24,25). The van der Waals surface area contributed by atoms with Crippen LogP contribution in [0.4, 0.5) is 4.79 Å². The van der Waals surface area contributed by atoms with E-state index in [9.17, 15) is 4.79 Å². The predicted molar refractivity (Wildman–Crippen MR) is 107 cm³/mol. The number of hydrogen-bond acceptors (Lipinski definition) is 3. The van der Waals surface area contributed by atoms with Gasteiger partial charge in [-0.05, 0) is 48.9 Å². The number of carbonyl (C=O) groups is 1. The fourth-order valence-electron chi connectivity index (χ4n) is 3.34. The number of benzene rings is 2. The molecule has 0 atom stereocenters. The third kappa shape index (κ3) is 4.94. The van der Waals surface area contributed by atoms with Gasteiger partial charge >= 0.3 is 6.03 Å². The largest absolute Gasteiger partial charge is 0.493 e. The lowest BCUT2D eigenvalue weighted by Crippen LogP contribution is -2.40. The predicted octanol–water partition coefficient (Wildman–Crippen LogP) is 3.67. The SMILES string of the molecule is COc1ccc(C2(CNC(=O)NCCCc3ccccc3)CC2)cc1OC. The molecule has 2 N–H and O–H groups in total. The van der Waals surface area contributed by atoms with Gasteiger partial charge in [0.25, 0.3) is 0 Å². The van der Waals surface area contributed by atoms with Crippen molar-refractivity contribution in [2.75, 3.05) is 27.3 Å². The van der Waals surface area contributed by atoms with Crippen LogP contribution in [0.2, 0.25) is 0 Å². The van der Waals surface area contributed by atoms with E-state index in [0.29, 0.717) is 13.1 Å². The van der Waals surface area contributed by atoms with Crippen LogP contribution in [-0.4, -0.2) is 33.3 Å². The van der Waals surface area contributed by atoms with Crippen molar-refractivity contribution in [2.45, 2.75) is 31.1 Å². The summed E-state index contributed by atoms with van der Waals surface area (Å²) in [5.41, 5.74) is 2.50. The van der Waals surface area contributed by atoms with E-state index >= 15 is 0 Å². The molecule has 1 aliphatic carbocycles. The Morgan fingerprint density at radius 1 is 1.00 bits per heavy atom. The maximum Gasteiger partial charge on any atom is 0.314 e. The van der Waals surface area contributed by atoms with Crippen LogP contribution >= 0.6 is 0 Å². The summed E-state index contributed by atoms with van der Waals surface area (Å²) in [4.78, 5) is 12.1. The van der Waals surface area contributed by atoms with Crippen LogP contribution in [0.25, 0.3) is 0 Å². The molecule has 144 valence electrons. The summed E-state index contributed by atoms with van der Waals surface area (Å²) < 4.78 is 10.7. The highest BCUT2D eigenvalue weighted by atomic mass is 16.5. The van der Waals surface area contributed by atoms with Crippen LogP contribution in [0.15, 0.2) is 48.5 Å².